The highest BCUT2D eigenvalue weighted by atomic mass is 79.9. The molecular formula is C11H10BrN3O2. The lowest BCUT2D eigenvalue weighted by molar-refractivity contribution is 0.102. The van der Waals surface area contributed by atoms with Crippen LogP contribution < -0.4 is 11.1 Å². The number of carbonyl (C=O) groups excluding carboxylic acids is 1. The molecule has 0 saturated heterocycles. The molecule has 0 spiro atoms. The molecule has 0 aliphatic carbocycles. The SMILES string of the molecule is Cc1coc(NC(=O)c2ccc(Br)c(N)c2)n1. The first-order valence-electron chi connectivity index (χ1n) is 4.85. The molecule has 1 aromatic heterocycles. The van der Waals surface area contributed by atoms with Crippen LogP contribution in [0.2, 0.25) is 0 Å². The van der Waals surface area contributed by atoms with E-state index in [0.717, 1.165) is 4.47 Å². The number of nitrogen functional groups attached to an aromatic ring is 1. The molecule has 1 heterocycles. The summed E-state index contributed by atoms with van der Waals surface area (Å²) in [5.74, 6) is -0.314. The van der Waals surface area contributed by atoms with E-state index < -0.39 is 0 Å². The molecule has 88 valence electrons. The molecular weight excluding hydrogens is 286 g/mol. The molecule has 0 bridgehead atoms. The Hall–Kier alpha value is -1.82. The maximum atomic E-state index is 11.8. The molecule has 0 radical (unpaired) electrons. The highest BCUT2D eigenvalue weighted by Gasteiger charge is 2.10. The van der Waals surface area contributed by atoms with Crippen molar-refractivity contribution in [1.82, 2.24) is 4.98 Å². The molecule has 1 amide bonds. The number of hydrogen-bond acceptors (Lipinski definition) is 4. The zero-order valence-corrected chi connectivity index (χ0v) is 10.6. The number of anilines is 2. The van der Waals surface area contributed by atoms with Gasteiger partial charge in [-0.15, -0.1) is 0 Å². The summed E-state index contributed by atoms with van der Waals surface area (Å²) in [4.78, 5) is 15.8. The van der Waals surface area contributed by atoms with E-state index in [2.05, 4.69) is 26.2 Å². The molecule has 0 atom stereocenters. The Balaban J connectivity index is 2.17. The van der Waals surface area contributed by atoms with Gasteiger partial charge in [0.15, 0.2) is 0 Å². The lowest BCUT2D eigenvalue weighted by Gasteiger charge is -2.03. The van der Waals surface area contributed by atoms with Gasteiger partial charge >= 0.3 is 6.01 Å². The minimum absolute atomic E-state index is 0.175. The van der Waals surface area contributed by atoms with E-state index in [9.17, 15) is 4.79 Å². The normalized spacial score (nSPS) is 10.2. The predicted octanol–water partition coefficient (Wildman–Crippen LogP) is 2.58. The quantitative estimate of drug-likeness (QED) is 0.835. The van der Waals surface area contributed by atoms with Crippen molar-refractivity contribution in [2.45, 2.75) is 6.92 Å². The van der Waals surface area contributed by atoms with Crippen LogP contribution in [-0.4, -0.2) is 10.9 Å². The highest BCUT2D eigenvalue weighted by molar-refractivity contribution is 9.10. The fraction of sp³-hybridized carbons (Fsp3) is 0.0909. The van der Waals surface area contributed by atoms with E-state index in [-0.39, 0.29) is 11.9 Å². The number of aromatic nitrogens is 1. The number of rotatable bonds is 2. The molecule has 0 saturated carbocycles. The molecule has 0 unspecified atom stereocenters. The fourth-order valence-electron chi connectivity index (χ4n) is 1.27. The fourth-order valence-corrected chi connectivity index (χ4v) is 1.51. The Morgan fingerprint density at radius 3 is 2.88 bits per heavy atom. The van der Waals surface area contributed by atoms with Gasteiger partial charge in [0, 0.05) is 15.7 Å². The number of amides is 1. The van der Waals surface area contributed by atoms with Crippen molar-refractivity contribution >= 4 is 33.5 Å². The summed E-state index contributed by atoms with van der Waals surface area (Å²) >= 11 is 3.26. The zero-order chi connectivity index (χ0) is 12.4. The summed E-state index contributed by atoms with van der Waals surface area (Å²) in [6, 6.07) is 5.13. The molecule has 3 N–H and O–H groups in total. The van der Waals surface area contributed by atoms with Gasteiger partial charge in [0.1, 0.15) is 6.26 Å². The summed E-state index contributed by atoms with van der Waals surface area (Å²) in [5.41, 5.74) is 7.34. The van der Waals surface area contributed by atoms with Crippen LogP contribution in [0.1, 0.15) is 16.1 Å². The minimum atomic E-state index is -0.314. The topological polar surface area (TPSA) is 81.2 Å². The molecule has 0 aliphatic rings. The number of aryl methyl sites for hydroxylation is 1. The van der Waals surface area contributed by atoms with Crippen LogP contribution in [-0.2, 0) is 0 Å². The Morgan fingerprint density at radius 1 is 1.53 bits per heavy atom. The van der Waals surface area contributed by atoms with E-state index in [1.54, 1.807) is 25.1 Å². The number of benzene rings is 1. The van der Waals surface area contributed by atoms with E-state index >= 15 is 0 Å². The number of nitrogens with one attached hydrogen (secondary N) is 1. The van der Waals surface area contributed by atoms with Crippen molar-refractivity contribution in [3.05, 3.63) is 40.2 Å². The smallest absolute Gasteiger partial charge is 0.301 e. The average Bonchev–Trinajstić information content (AvgIpc) is 2.68. The van der Waals surface area contributed by atoms with Gasteiger partial charge < -0.3 is 10.2 Å². The first-order valence-corrected chi connectivity index (χ1v) is 5.64. The number of nitrogens with zero attached hydrogens (tertiary/aromatic N) is 1. The lowest BCUT2D eigenvalue weighted by atomic mass is 10.2. The Morgan fingerprint density at radius 2 is 2.29 bits per heavy atom. The molecule has 5 nitrogen and oxygen atoms in total. The van der Waals surface area contributed by atoms with Crippen molar-refractivity contribution in [3.8, 4) is 0 Å². The average molecular weight is 296 g/mol. The van der Waals surface area contributed by atoms with Crippen LogP contribution in [0.25, 0.3) is 0 Å². The monoisotopic (exact) mass is 295 g/mol. The van der Waals surface area contributed by atoms with Gasteiger partial charge in [-0.3, -0.25) is 10.1 Å². The van der Waals surface area contributed by atoms with E-state index in [0.29, 0.717) is 16.9 Å². The van der Waals surface area contributed by atoms with Gasteiger partial charge in [0.2, 0.25) is 0 Å². The second-order valence-corrected chi connectivity index (χ2v) is 4.34. The molecule has 1 aromatic carbocycles. The van der Waals surface area contributed by atoms with Gasteiger partial charge in [-0.2, -0.15) is 4.98 Å². The standard InChI is InChI=1S/C11H10BrN3O2/c1-6-5-17-11(14-6)15-10(16)7-2-3-8(12)9(13)4-7/h2-5H,13H2,1H3,(H,14,15,16). The third kappa shape index (κ3) is 2.65. The molecule has 2 rings (SSSR count). The second-order valence-electron chi connectivity index (χ2n) is 3.48. The van der Waals surface area contributed by atoms with Crippen LogP contribution in [0.4, 0.5) is 11.7 Å². The Kier molecular flexibility index (Phi) is 3.14. The van der Waals surface area contributed by atoms with Crippen LogP contribution in [0.15, 0.2) is 33.4 Å². The van der Waals surface area contributed by atoms with Crippen LogP contribution in [0, 0.1) is 6.92 Å². The third-order valence-corrected chi connectivity index (χ3v) is 2.82. The van der Waals surface area contributed by atoms with E-state index in [1.807, 2.05) is 0 Å². The van der Waals surface area contributed by atoms with E-state index in [1.165, 1.54) is 6.26 Å². The highest BCUT2D eigenvalue weighted by Crippen LogP contribution is 2.20. The Labute approximate surface area is 106 Å². The summed E-state index contributed by atoms with van der Waals surface area (Å²) in [6.07, 6.45) is 1.46. The van der Waals surface area contributed by atoms with Crippen molar-refractivity contribution in [2.75, 3.05) is 11.1 Å². The van der Waals surface area contributed by atoms with Crippen LogP contribution >= 0.6 is 15.9 Å². The van der Waals surface area contributed by atoms with E-state index in [4.69, 9.17) is 10.2 Å². The maximum absolute atomic E-state index is 11.8. The van der Waals surface area contributed by atoms with Crippen molar-refractivity contribution in [2.24, 2.45) is 0 Å². The molecule has 6 heteroatoms. The first-order chi connectivity index (χ1) is 8.06. The minimum Gasteiger partial charge on any atom is -0.432 e. The summed E-state index contributed by atoms with van der Waals surface area (Å²) in [5, 5.41) is 2.54. The predicted molar refractivity (Wildman–Crippen MR) is 67.7 cm³/mol. The van der Waals surface area contributed by atoms with Crippen molar-refractivity contribution < 1.29 is 9.21 Å². The Bertz CT molecular complexity index is 566. The summed E-state index contributed by atoms with van der Waals surface area (Å²) in [7, 11) is 0. The van der Waals surface area contributed by atoms with Gasteiger partial charge in [0.25, 0.3) is 5.91 Å². The summed E-state index contributed by atoms with van der Waals surface area (Å²) in [6.45, 7) is 1.77. The number of halogens is 1. The molecule has 0 aliphatic heterocycles. The van der Waals surface area contributed by atoms with Gasteiger partial charge in [0.05, 0.1) is 5.69 Å². The second kappa shape index (κ2) is 4.58. The number of hydrogen-bond donors (Lipinski definition) is 2. The van der Waals surface area contributed by atoms with Crippen molar-refractivity contribution in [3.63, 3.8) is 0 Å². The van der Waals surface area contributed by atoms with Crippen LogP contribution in [0.3, 0.4) is 0 Å². The van der Waals surface area contributed by atoms with Crippen LogP contribution in [0.5, 0.6) is 0 Å². The molecule has 2 aromatic rings. The van der Waals surface area contributed by atoms with Gasteiger partial charge in [-0.1, -0.05) is 0 Å². The molecule has 0 fully saturated rings. The van der Waals surface area contributed by atoms with Gasteiger partial charge in [-0.25, -0.2) is 0 Å². The zero-order valence-electron chi connectivity index (χ0n) is 9.03. The number of oxazole rings is 1. The summed E-state index contributed by atoms with van der Waals surface area (Å²) < 4.78 is 5.78. The number of carbonyl (C=O) groups is 1. The largest absolute Gasteiger partial charge is 0.432 e. The third-order valence-electron chi connectivity index (χ3n) is 2.10. The number of nitrogens with two attached hydrogens (primary N) is 1. The lowest BCUT2D eigenvalue weighted by Crippen LogP contribution is -2.12. The molecule has 17 heavy (non-hydrogen) atoms. The first kappa shape index (κ1) is 11.7. The van der Waals surface area contributed by atoms with Gasteiger partial charge in [-0.05, 0) is 41.1 Å². The maximum Gasteiger partial charge on any atom is 0.301 e. The van der Waals surface area contributed by atoms with Crippen molar-refractivity contribution in [1.29, 1.82) is 0 Å².